The Balaban J connectivity index is 1.88. The van der Waals surface area contributed by atoms with Crippen LogP contribution in [-0.4, -0.2) is 28.5 Å². The van der Waals surface area contributed by atoms with Crippen molar-refractivity contribution in [2.45, 2.75) is 26.9 Å². The van der Waals surface area contributed by atoms with Crippen LogP contribution < -0.4 is 0 Å². The second-order valence-electron chi connectivity index (χ2n) is 6.44. The smallest absolute Gasteiger partial charge is 0.353 e. The third kappa shape index (κ3) is 4.66. The van der Waals surface area contributed by atoms with Crippen molar-refractivity contribution in [3.63, 3.8) is 0 Å². The summed E-state index contributed by atoms with van der Waals surface area (Å²) in [6.45, 7) is 5.39. The number of pyridine rings is 2. The average molecular weight is 390 g/mol. The predicted molar refractivity (Wildman–Crippen MR) is 108 cm³/mol. The molecule has 0 saturated heterocycles. The van der Waals surface area contributed by atoms with Gasteiger partial charge in [0.25, 0.3) is 0 Å². The Morgan fingerprint density at radius 3 is 2.41 bits per heavy atom. The van der Waals surface area contributed by atoms with Crippen molar-refractivity contribution in [2.75, 3.05) is 6.61 Å². The molecule has 0 N–H and O–H groups in total. The molecule has 3 aromatic rings. The minimum absolute atomic E-state index is 0.172. The van der Waals surface area contributed by atoms with E-state index < -0.39 is 18.0 Å². The Bertz CT molecular complexity index is 1020. The zero-order valence-electron chi connectivity index (χ0n) is 16.6. The highest BCUT2D eigenvalue weighted by atomic mass is 16.6. The molecule has 0 unspecified atom stereocenters. The highest BCUT2D eigenvalue weighted by Gasteiger charge is 2.30. The minimum Gasteiger partial charge on any atom is -0.463 e. The predicted octanol–water partition coefficient (Wildman–Crippen LogP) is 4.22. The summed E-state index contributed by atoms with van der Waals surface area (Å²) in [4.78, 5) is 34.0. The van der Waals surface area contributed by atoms with Crippen molar-refractivity contribution >= 4 is 11.9 Å². The van der Waals surface area contributed by atoms with Crippen LogP contribution in [0.2, 0.25) is 0 Å². The van der Waals surface area contributed by atoms with Crippen molar-refractivity contribution in [1.29, 1.82) is 0 Å². The molecule has 1 atom stereocenters. The van der Waals surface area contributed by atoms with E-state index in [0.717, 1.165) is 16.8 Å². The van der Waals surface area contributed by atoms with Gasteiger partial charge in [0.15, 0.2) is 0 Å². The Morgan fingerprint density at radius 2 is 1.76 bits per heavy atom. The maximum Gasteiger partial charge on any atom is 0.353 e. The van der Waals surface area contributed by atoms with Crippen LogP contribution in [-0.2, 0) is 14.3 Å². The first kappa shape index (κ1) is 20.2. The van der Waals surface area contributed by atoms with Crippen LogP contribution in [0.15, 0.2) is 60.8 Å². The van der Waals surface area contributed by atoms with E-state index in [-0.39, 0.29) is 12.2 Å². The average Bonchev–Trinajstić information content (AvgIpc) is 2.73. The Kier molecular flexibility index (Phi) is 6.34. The van der Waals surface area contributed by atoms with E-state index in [1.165, 1.54) is 0 Å². The number of aromatic nitrogens is 2. The molecule has 0 fully saturated rings. The van der Waals surface area contributed by atoms with Crippen molar-refractivity contribution in [3.05, 3.63) is 83.3 Å². The Morgan fingerprint density at radius 1 is 1.00 bits per heavy atom. The number of nitrogens with zero attached hydrogens (tertiary/aromatic N) is 2. The third-order valence-corrected chi connectivity index (χ3v) is 4.40. The number of hydrogen-bond donors (Lipinski definition) is 0. The van der Waals surface area contributed by atoms with E-state index in [2.05, 4.69) is 9.97 Å². The molecule has 2 aromatic heterocycles. The van der Waals surface area contributed by atoms with Crippen molar-refractivity contribution in [1.82, 2.24) is 9.97 Å². The number of esters is 2. The first-order chi connectivity index (χ1) is 14.0. The molecule has 148 valence electrons. The summed E-state index contributed by atoms with van der Waals surface area (Å²) in [6, 6.07) is 16.6. The fraction of sp³-hybridized carbons (Fsp3) is 0.217. The summed E-state index contributed by atoms with van der Waals surface area (Å²) in [6.07, 6.45) is 0.306. The molecule has 0 radical (unpaired) electrons. The highest BCUT2D eigenvalue weighted by molar-refractivity contribution is 5.93. The van der Waals surface area contributed by atoms with Gasteiger partial charge in [-0.15, -0.1) is 0 Å². The lowest BCUT2D eigenvalue weighted by Gasteiger charge is -2.18. The first-order valence-corrected chi connectivity index (χ1v) is 9.33. The number of ether oxygens (including phenoxy) is 2. The van der Waals surface area contributed by atoms with Gasteiger partial charge in [-0.1, -0.05) is 36.4 Å². The maximum absolute atomic E-state index is 12.8. The van der Waals surface area contributed by atoms with Crippen LogP contribution in [0.25, 0.3) is 11.3 Å². The molecular weight excluding hydrogens is 368 g/mol. The summed E-state index contributed by atoms with van der Waals surface area (Å²) < 4.78 is 10.6. The molecule has 0 saturated carbocycles. The lowest BCUT2D eigenvalue weighted by atomic mass is 10.1. The van der Waals surface area contributed by atoms with Gasteiger partial charge in [0.1, 0.15) is 0 Å². The molecule has 2 heterocycles. The number of benzene rings is 1. The van der Waals surface area contributed by atoms with E-state index in [1.54, 1.807) is 51.2 Å². The number of carbonyl (C=O) groups is 2. The summed E-state index contributed by atoms with van der Waals surface area (Å²) in [7, 11) is 0. The second kappa shape index (κ2) is 9.10. The van der Waals surface area contributed by atoms with Crippen LogP contribution in [0, 0.1) is 13.8 Å². The number of hydrogen-bond acceptors (Lipinski definition) is 6. The zero-order chi connectivity index (χ0) is 20.8. The largest absolute Gasteiger partial charge is 0.463 e. The quantitative estimate of drug-likeness (QED) is 0.587. The van der Waals surface area contributed by atoms with Crippen LogP contribution >= 0.6 is 0 Å². The molecule has 0 bridgehead atoms. The highest BCUT2D eigenvalue weighted by Crippen LogP contribution is 2.24. The van der Waals surface area contributed by atoms with Crippen molar-refractivity contribution < 1.29 is 19.1 Å². The van der Waals surface area contributed by atoms with Gasteiger partial charge in [-0.3, -0.25) is 9.97 Å². The van der Waals surface area contributed by atoms with Crippen LogP contribution in [0.4, 0.5) is 0 Å². The van der Waals surface area contributed by atoms with Gasteiger partial charge in [-0.25, -0.2) is 9.59 Å². The maximum atomic E-state index is 12.8. The molecule has 6 heteroatoms. The van der Waals surface area contributed by atoms with Gasteiger partial charge in [-0.2, -0.15) is 0 Å². The van der Waals surface area contributed by atoms with E-state index in [0.29, 0.717) is 11.4 Å². The fourth-order valence-electron chi connectivity index (χ4n) is 2.92. The van der Waals surface area contributed by atoms with E-state index >= 15 is 0 Å². The van der Waals surface area contributed by atoms with Crippen LogP contribution in [0.3, 0.4) is 0 Å². The molecule has 6 nitrogen and oxygen atoms in total. The summed E-state index contributed by atoms with van der Waals surface area (Å²) in [5, 5.41) is 0. The van der Waals surface area contributed by atoms with Crippen molar-refractivity contribution in [2.24, 2.45) is 0 Å². The number of aryl methyl sites for hydroxylation is 2. The number of rotatable bonds is 6. The molecule has 0 aliphatic carbocycles. The Labute approximate surface area is 169 Å². The summed E-state index contributed by atoms with van der Waals surface area (Å²) in [5.41, 5.74) is 3.58. The second-order valence-corrected chi connectivity index (χ2v) is 6.44. The molecule has 0 amide bonds. The molecule has 29 heavy (non-hydrogen) atoms. The molecule has 0 aliphatic rings. The summed E-state index contributed by atoms with van der Waals surface area (Å²) in [5.74, 6) is -1.31. The van der Waals surface area contributed by atoms with Gasteiger partial charge >= 0.3 is 11.9 Å². The molecule has 1 aromatic carbocycles. The van der Waals surface area contributed by atoms with E-state index in [1.807, 2.05) is 30.3 Å². The topological polar surface area (TPSA) is 78.4 Å². The molecular formula is C23H22N2O4. The lowest BCUT2D eigenvalue weighted by Crippen LogP contribution is -2.24. The molecule has 0 spiro atoms. The van der Waals surface area contributed by atoms with Crippen molar-refractivity contribution in [3.8, 4) is 11.3 Å². The summed E-state index contributed by atoms with van der Waals surface area (Å²) >= 11 is 0. The van der Waals surface area contributed by atoms with Gasteiger partial charge in [-0.05, 0) is 44.5 Å². The van der Waals surface area contributed by atoms with Gasteiger partial charge in [0, 0.05) is 11.8 Å². The van der Waals surface area contributed by atoms with E-state index in [9.17, 15) is 9.59 Å². The number of carbonyl (C=O) groups excluding carboxylic acids is 2. The van der Waals surface area contributed by atoms with Crippen LogP contribution in [0.1, 0.15) is 40.3 Å². The zero-order valence-corrected chi connectivity index (χ0v) is 16.6. The van der Waals surface area contributed by atoms with Gasteiger partial charge < -0.3 is 9.47 Å². The van der Waals surface area contributed by atoms with Gasteiger partial charge in [0.2, 0.25) is 6.10 Å². The normalized spacial score (nSPS) is 11.6. The Hall–Kier alpha value is -3.54. The molecule has 3 rings (SSSR count). The SMILES string of the molecule is CCOC(=O)[C@H](OC(=O)c1ccc(-c2ccccc2)nc1C)c1ncccc1C. The first-order valence-electron chi connectivity index (χ1n) is 9.33. The standard InChI is InChI=1S/C23H22N2O4/c1-4-28-23(27)21(20-15(2)9-8-14-24-20)29-22(26)18-12-13-19(25-16(18)3)17-10-6-5-7-11-17/h5-14,21H,4H2,1-3H3/t21-/m1/s1. The van der Waals surface area contributed by atoms with Crippen LogP contribution in [0.5, 0.6) is 0 Å². The molecule has 0 aliphatic heterocycles. The third-order valence-electron chi connectivity index (χ3n) is 4.40. The lowest BCUT2D eigenvalue weighted by molar-refractivity contribution is -0.154. The minimum atomic E-state index is -1.24. The van der Waals surface area contributed by atoms with Gasteiger partial charge in [0.05, 0.1) is 29.3 Å². The van der Waals surface area contributed by atoms with E-state index in [4.69, 9.17) is 9.47 Å². The monoisotopic (exact) mass is 390 g/mol. The fourth-order valence-corrected chi connectivity index (χ4v) is 2.92.